The van der Waals surface area contributed by atoms with Crippen molar-refractivity contribution >= 4 is 20.9 Å². The van der Waals surface area contributed by atoms with E-state index in [4.69, 9.17) is 0 Å². The predicted octanol–water partition coefficient (Wildman–Crippen LogP) is 5.24. The molecule has 1 N–H and O–H groups in total. The van der Waals surface area contributed by atoms with E-state index < -0.39 is 10.0 Å². The first kappa shape index (κ1) is 18.4. The van der Waals surface area contributed by atoms with Crippen LogP contribution in [0, 0.1) is 6.92 Å². The molecule has 0 aliphatic rings. The molecule has 0 saturated heterocycles. The van der Waals surface area contributed by atoms with Crippen molar-refractivity contribution in [2.45, 2.75) is 11.8 Å². The van der Waals surface area contributed by atoms with Crippen LogP contribution in [0.4, 0.5) is 0 Å². The molecule has 0 spiro atoms. The third-order valence-corrected chi connectivity index (χ3v) is 6.86. The Labute approximate surface area is 174 Å². The van der Waals surface area contributed by atoms with Crippen molar-refractivity contribution in [1.29, 1.82) is 0 Å². The van der Waals surface area contributed by atoms with Crippen LogP contribution in [0.15, 0.2) is 96.2 Å². The molecule has 5 aromatic rings. The summed E-state index contributed by atoms with van der Waals surface area (Å²) in [6.45, 7) is 1.93. The van der Waals surface area contributed by atoms with Crippen molar-refractivity contribution in [2.24, 2.45) is 0 Å². The van der Waals surface area contributed by atoms with Gasteiger partial charge in [-0.05, 0) is 25.1 Å². The van der Waals surface area contributed by atoms with Crippen LogP contribution in [-0.2, 0) is 10.0 Å². The SMILES string of the molecule is Cc1ccc(S(=O)(=O)n2cc(-c3cnc(-c4ccccc4)[nH]3)c3ccccc32)cc1. The molecule has 2 heterocycles. The van der Waals surface area contributed by atoms with Gasteiger partial charge in [0.1, 0.15) is 5.82 Å². The van der Waals surface area contributed by atoms with Crippen LogP contribution in [0.1, 0.15) is 5.56 Å². The van der Waals surface area contributed by atoms with E-state index in [1.807, 2.05) is 61.5 Å². The van der Waals surface area contributed by atoms with E-state index in [1.54, 1.807) is 36.7 Å². The van der Waals surface area contributed by atoms with Gasteiger partial charge in [-0.2, -0.15) is 0 Å². The molecule has 6 heteroatoms. The molecule has 2 aromatic heterocycles. The molecular weight excluding hydrogens is 394 g/mol. The van der Waals surface area contributed by atoms with E-state index in [0.29, 0.717) is 5.52 Å². The number of aromatic amines is 1. The Bertz CT molecular complexity index is 1450. The normalized spacial score (nSPS) is 11.8. The summed E-state index contributed by atoms with van der Waals surface area (Å²) in [7, 11) is -3.73. The van der Waals surface area contributed by atoms with Crippen molar-refractivity contribution in [3.05, 3.63) is 96.8 Å². The number of aryl methyl sites for hydroxylation is 1. The monoisotopic (exact) mass is 413 g/mol. The number of nitrogens with zero attached hydrogens (tertiary/aromatic N) is 2. The second-order valence-corrected chi connectivity index (χ2v) is 9.00. The van der Waals surface area contributed by atoms with Gasteiger partial charge in [-0.1, -0.05) is 66.2 Å². The number of rotatable bonds is 4. The average Bonchev–Trinajstić information content (AvgIpc) is 3.40. The molecule has 0 saturated carbocycles. The number of nitrogens with one attached hydrogen (secondary N) is 1. The highest BCUT2D eigenvalue weighted by molar-refractivity contribution is 7.90. The van der Waals surface area contributed by atoms with Gasteiger partial charge in [-0.25, -0.2) is 17.4 Å². The van der Waals surface area contributed by atoms with Gasteiger partial charge in [0.05, 0.1) is 22.3 Å². The molecule has 3 aromatic carbocycles. The topological polar surface area (TPSA) is 67.8 Å². The number of aromatic nitrogens is 3. The van der Waals surface area contributed by atoms with E-state index >= 15 is 0 Å². The van der Waals surface area contributed by atoms with E-state index in [2.05, 4.69) is 9.97 Å². The maximum Gasteiger partial charge on any atom is 0.268 e. The van der Waals surface area contributed by atoms with Crippen LogP contribution >= 0.6 is 0 Å². The largest absolute Gasteiger partial charge is 0.338 e. The Morgan fingerprint density at radius 2 is 1.57 bits per heavy atom. The molecule has 0 bridgehead atoms. The smallest absolute Gasteiger partial charge is 0.268 e. The van der Waals surface area contributed by atoms with E-state index in [9.17, 15) is 8.42 Å². The van der Waals surface area contributed by atoms with Gasteiger partial charge >= 0.3 is 0 Å². The van der Waals surface area contributed by atoms with Gasteiger partial charge in [0, 0.05) is 22.7 Å². The number of benzene rings is 3. The fourth-order valence-corrected chi connectivity index (χ4v) is 4.96. The molecule has 5 rings (SSSR count). The van der Waals surface area contributed by atoms with E-state index in [1.165, 1.54) is 3.97 Å². The predicted molar refractivity (Wildman–Crippen MR) is 119 cm³/mol. The maximum atomic E-state index is 13.4. The molecule has 30 heavy (non-hydrogen) atoms. The third-order valence-electron chi connectivity index (χ3n) is 5.17. The molecule has 0 fully saturated rings. The van der Waals surface area contributed by atoms with Crippen LogP contribution in [0.2, 0.25) is 0 Å². The Kier molecular flexibility index (Phi) is 4.29. The standard InChI is InChI=1S/C24H19N3O2S/c1-17-11-13-19(14-12-17)30(28,29)27-16-21(20-9-5-6-10-23(20)27)22-15-25-24(26-22)18-7-3-2-4-8-18/h2-16H,1H3,(H,25,26). The quantitative estimate of drug-likeness (QED) is 0.438. The second kappa shape index (κ2) is 7.00. The van der Waals surface area contributed by atoms with Crippen LogP contribution in [0.5, 0.6) is 0 Å². The van der Waals surface area contributed by atoms with Gasteiger partial charge in [0.15, 0.2) is 0 Å². The summed E-state index contributed by atoms with van der Waals surface area (Å²) in [6, 6.07) is 24.2. The summed E-state index contributed by atoms with van der Waals surface area (Å²) in [5.74, 6) is 0.740. The highest BCUT2D eigenvalue weighted by Gasteiger charge is 2.22. The average molecular weight is 414 g/mol. The number of fused-ring (bicyclic) bond motifs is 1. The third kappa shape index (κ3) is 3.02. The highest BCUT2D eigenvalue weighted by atomic mass is 32.2. The second-order valence-electron chi connectivity index (χ2n) is 7.19. The van der Waals surface area contributed by atoms with Crippen molar-refractivity contribution in [3.8, 4) is 22.6 Å². The van der Waals surface area contributed by atoms with Gasteiger partial charge in [-0.3, -0.25) is 0 Å². The zero-order valence-corrected chi connectivity index (χ0v) is 17.1. The summed E-state index contributed by atoms with van der Waals surface area (Å²) >= 11 is 0. The first-order valence-electron chi connectivity index (χ1n) is 9.57. The number of H-pyrrole nitrogens is 1. The number of hydrogen-bond acceptors (Lipinski definition) is 3. The van der Waals surface area contributed by atoms with Crippen LogP contribution in [0.3, 0.4) is 0 Å². The van der Waals surface area contributed by atoms with Crippen LogP contribution < -0.4 is 0 Å². The molecule has 0 radical (unpaired) electrons. The minimum absolute atomic E-state index is 0.259. The summed E-state index contributed by atoms with van der Waals surface area (Å²) in [4.78, 5) is 8.08. The maximum absolute atomic E-state index is 13.4. The van der Waals surface area contributed by atoms with Gasteiger partial charge in [-0.15, -0.1) is 0 Å². The lowest BCUT2D eigenvalue weighted by molar-refractivity contribution is 0.589. The van der Waals surface area contributed by atoms with Gasteiger partial charge in [0.25, 0.3) is 10.0 Å². The molecule has 0 aliphatic carbocycles. The lowest BCUT2D eigenvalue weighted by Gasteiger charge is -2.07. The molecule has 0 aliphatic heterocycles. The zero-order valence-electron chi connectivity index (χ0n) is 16.3. The fraction of sp³-hybridized carbons (Fsp3) is 0.0417. The Hall–Kier alpha value is -3.64. The van der Waals surface area contributed by atoms with Gasteiger partial charge in [0.2, 0.25) is 0 Å². The van der Waals surface area contributed by atoms with Crippen LogP contribution in [-0.4, -0.2) is 22.4 Å². The number of hydrogen-bond donors (Lipinski definition) is 1. The molecule has 0 unspecified atom stereocenters. The summed E-state index contributed by atoms with van der Waals surface area (Å²) in [5, 5.41) is 0.844. The van der Waals surface area contributed by atoms with E-state index in [0.717, 1.165) is 33.6 Å². The minimum atomic E-state index is -3.73. The molecular formula is C24H19N3O2S. The molecule has 5 nitrogen and oxygen atoms in total. The zero-order chi connectivity index (χ0) is 20.7. The fourth-order valence-electron chi connectivity index (χ4n) is 3.59. The highest BCUT2D eigenvalue weighted by Crippen LogP contribution is 2.33. The summed E-state index contributed by atoms with van der Waals surface area (Å²) in [6.07, 6.45) is 3.41. The Morgan fingerprint density at radius 3 is 2.33 bits per heavy atom. The number of para-hydroxylation sites is 1. The summed E-state index contributed by atoms with van der Waals surface area (Å²) < 4.78 is 28.1. The van der Waals surface area contributed by atoms with E-state index in [-0.39, 0.29) is 4.90 Å². The van der Waals surface area contributed by atoms with Crippen molar-refractivity contribution in [3.63, 3.8) is 0 Å². The van der Waals surface area contributed by atoms with Crippen molar-refractivity contribution in [1.82, 2.24) is 13.9 Å². The molecule has 148 valence electrons. The molecule has 0 atom stereocenters. The lowest BCUT2D eigenvalue weighted by atomic mass is 10.1. The van der Waals surface area contributed by atoms with Gasteiger partial charge < -0.3 is 4.98 Å². The minimum Gasteiger partial charge on any atom is -0.338 e. The number of imidazole rings is 1. The Balaban J connectivity index is 1.67. The van der Waals surface area contributed by atoms with Crippen LogP contribution in [0.25, 0.3) is 33.5 Å². The Morgan fingerprint density at radius 1 is 0.867 bits per heavy atom. The van der Waals surface area contributed by atoms with Crippen molar-refractivity contribution < 1.29 is 8.42 Å². The molecule has 0 amide bonds. The van der Waals surface area contributed by atoms with Crippen molar-refractivity contribution in [2.75, 3.05) is 0 Å². The first-order valence-corrected chi connectivity index (χ1v) is 11.0. The summed E-state index contributed by atoms with van der Waals surface area (Å²) in [5.41, 5.74) is 4.17. The lowest BCUT2D eigenvalue weighted by Crippen LogP contribution is -2.11. The first-order chi connectivity index (χ1) is 14.5.